The van der Waals surface area contributed by atoms with Gasteiger partial charge in [0, 0.05) is 26.7 Å². The molecule has 1 heterocycles. The SMILES string of the molecule is CN(C)CC(=O)N(C)CC1CCCN(CCc2cccc(C(F)(F)F)c2)C1. The normalized spacial score (nSPS) is 18.7. The average molecular weight is 385 g/mol. The fourth-order valence-electron chi connectivity index (χ4n) is 3.57. The van der Waals surface area contributed by atoms with E-state index in [2.05, 4.69) is 4.90 Å². The second-order valence-corrected chi connectivity index (χ2v) is 7.77. The quantitative estimate of drug-likeness (QED) is 0.722. The Morgan fingerprint density at radius 2 is 2.00 bits per heavy atom. The molecule has 1 saturated heterocycles. The lowest BCUT2D eigenvalue weighted by Gasteiger charge is -2.35. The van der Waals surface area contributed by atoms with Gasteiger partial charge in [-0.05, 0) is 57.5 Å². The first-order valence-electron chi connectivity index (χ1n) is 9.42. The lowest BCUT2D eigenvalue weighted by atomic mass is 9.97. The van der Waals surface area contributed by atoms with Gasteiger partial charge in [-0.3, -0.25) is 4.79 Å². The highest BCUT2D eigenvalue weighted by atomic mass is 19.4. The summed E-state index contributed by atoms with van der Waals surface area (Å²) in [7, 11) is 5.59. The van der Waals surface area contributed by atoms with E-state index < -0.39 is 11.7 Å². The van der Waals surface area contributed by atoms with Gasteiger partial charge in [0.05, 0.1) is 12.1 Å². The molecule has 2 rings (SSSR count). The minimum atomic E-state index is -4.30. The van der Waals surface area contributed by atoms with Gasteiger partial charge in [-0.25, -0.2) is 0 Å². The number of piperidine rings is 1. The monoisotopic (exact) mass is 385 g/mol. The van der Waals surface area contributed by atoms with Crippen molar-refractivity contribution in [1.29, 1.82) is 0 Å². The molecule has 0 N–H and O–H groups in total. The van der Waals surface area contributed by atoms with Crippen LogP contribution in [0.1, 0.15) is 24.0 Å². The molecule has 1 unspecified atom stereocenters. The largest absolute Gasteiger partial charge is 0.416 e. The van der Waals surface area contributed by atoms with Crippen molar-refractivity contribution < 1.29 is 18.0 Å². The van der Waals surface area contributed by atoms with Crippen LogP contribution in [0, 0.1) is 5.92 Å². The van der Waals surface area contributed by atoms with Crippen LogP contribution in [0.15, 0.2) is 24.3 Å². The van der Waals surface area contributed by atoms with E-state index >= 15 is 0 Å². The van der Waals surface area contributed by atoms with Crippen LogP contribution in [-0.2, 0) is 17.4 Å². The van der Waals surface area contributed by atoms with E-state index in [4.69, 9.17) is 0 Å². The molecule has 152 valence electrons. The molecule has 1 aromatic carbocycles. The van der Waals surface area contributed by atoms with E-state index in [1.807, 2.05) is 26.0 Å². The zero-order chi connectivity index (χ0) is 20.0. The number of hydrogen-bond acceptors (Lipinski definition) is 3. The number of carbonyl (C=O) groups excluding carboxylic acids is 1. The molecule has 1 atom stereocenters. The summed E-state index contributed by atoms with van der Waals surface area (Å²) in [5.74, 6) is 0.525. The van der Waals surface area contributed by atoms with Crippen molar-refractivity contribution in [3.8, 4) is 0 Å². The summed E-state index contributed by atoms with van der Waals surface area (Å²) >= 11 is 0. The smallest absolute Gasteiger partial charge is 0.344 e. The van der Waals surface area contributed by atoms with Gasteiger partial charge in [0.15, 0.2) is 0 Å². The van der Waals surface area contributed by atoms with Crippen LogP contribution in [0.25, 0.3) is 0 Å². The first kappa shape index (κ1) is 21.7. The lowest BCUT2D eigenvalue weighted by molar-refractivity contribution is -0.137. The first-order valence-corrected chi connectivity index (χ1v) is 9.42. The number of likely N-dealkylation sites (tertiary alicyclic amines) is 1. The molecule has 0 aliphatic carbocycles. The van der Waals surface area contributed by atoms with Crippen LogP contribution in [0.2, 0.25) is 0 Å². The minimum absolute atomic E-state index is 0.112. The van der Waals surface area contributed by atoms with E-state index in [9.17, 15) is 18.0 Å². The van der Waals surface area contributed by atoms with Crippen molar-refractivity contribution >= 4 is 5.91 Å². The predicted octanol–water partition coefficient (Wildman–Crippen LogP) is 2.98. The Kier molecular flexibility index (Phi) is 7.68. The highest BCUT2D eigenvalue weighted by Gasteiger charge is 2.30. The molecule has 4 nitrogen and oxygen atoms in total. The number of benzene rings is 1. The van der Waals surface area contributed by atoms with Gasteiger partial charge >= 0.3 is 6.18 Å². The Labute approximate surface area is 159 Å². The number of alkyl halides is 3. The summed E-state index contributed by atoms with van der Waals surface area (Å²) < 4.78 is 38.5. The molecule has 1 fully saturated rings. The summed E-state index contributed by atoms with van der Waals surface area (Å²) in [6.45, 7) is 3.73. The average Bonchev–Trinajstić information content (AvgIpc) is 2.59. The second kappa shape index (κ2) is 9.55. The number of likely N-dealkylation sites (N-methyl/N-ethyl adjacent to an activating group) is 2. The van der Waals surface area contributed by atoms with Gasteiger partial charge in [-0.1, -0.05) is 18.2 Å². The Bertz CT molecular complexity index is 619. The van der Waals surface area contributed by atoms with Crippen LogP contribution < -0.4 is 0 Å². The van der Waals surface area contributed by atoms with Gasteiger partial charge < -0.3 is 14.7 Å². The number of nitrogens with zero attached hydrogens (tertiary/aromatic N) is 3. The van der Waals surface area contributed by atoms with Crippen molar-refractivity contribution in [2.45, 2.75) is 25.4 Å². The molecule has 0 bridgehead atoms. The van der Waals surface area contributed by atoms with Crippen LogP contribution in [0.4, 0.5) is 13.2 Å². The molecule has 0 spiro atoms. The molecule has 0 aromatic heterocycles. The molecular weight excluding hydrogens is 355 g/mol. The predicted molar refractivity (Wildman–Crippen MR) is 101 cm³/mol. The number of halogens is 3. The van der Waals surface area contributed by atoms with Crippen LogP contribution in [0.3, 0.4) is 0 Å². The van der Waals surface area contributed by atoms with Crippen molar-refractivity contribution in [1.82, 2.24) is 14.7 Å². The molecule has 1 aliphatic heterocycles. The zero-order valence-corrected chi connectivity index (χ0v) is 16.4. The van der Waals surface area contributed by atoms with Crippen molar-refractivity contribution in [3.63, 3.8) is 0 Å². The lowest BCUT2D eigenvalue weighted by Crippen LogP contribution is -2.44. The maximum Gasteiger partial charge on any atom is 0.416 e. The Morgan fingerprint density at radius 3 is 2.67 bits per heavy atom. The molecule has 1 aromatic rings. The summed E-state index contributed by atoms with van der Waals surface area (Å²) in [5, 5.41) is 0. The number of carbonyl (C=O) groups is 1. The van der Waals surface area contributed by atoms with E-state index in [1.165, 1.54) is 12.1 Å². The van der Waals surface area contributed by atoms with E-state index in [1.54, 1.807) is 11.0 Å². The first-order chi connectivity index (χ1) is 12.6. The molecule has 0 saturated carbocycles. The second-order valence-electron chi connectivity index (χ2n) is 7.77. The third-order valence-electron chi connectivity index (χ3n) is 4.98. The van der Waals surface area contributed by atoms with Gasteiger partial charge in [0.25, 0.3) is 0 Å². The molecule has 1 amide bonds. The molecule has 1 aliphatic rings. The van der Waals surface area contributed by atoms with Crippen molar-refractivity contribution in [2.24, 2.45) is 5.92 Å². The zero-order valence-electron chi connectivity index (χ0n) is 16.4. The van der Waals surface area contributed by atoms with Crippen LogP contribution in [0.5, 0.6) is 0 Å². The maximum absolute atomic E-state index is 12.8. The van der Waals surface area contributed by atoms with E-state index in [-0.39, 0.29) is 5.91 Å². The van der Waals surface area contributed by atoms with Crippen LogP contribution >= 0.6 is 0 Å². The third-order valence-corrected chi connectivity index (χ3v) is 4.98. The number of amides is 1. The highest BCUT2D eigenvalue weighted by molar-refractivity contribution is 5.77. The Hall–Kier alpha value is -1.60. The van der Waals surface area contributed by atoms with Gasteiger partial charge in [-0.15, -0.1) is 0 Å². The van der Waals surface area contributed by atoms with Crippen molar-refractivity contribution in [3.05, 3.63) is 35.4 Å². The fraction of sp³-hybridized carbons (Fsp3) is 0.650. The minimum Gasteiger partial charge on any atom is -0.344 e. The summed E-state index contributed by atoms with van der Waals surface area (Å²) in [5.41, 5.74) is 0.128. The molecule has 27 heavy (non-hydrogen) atoms. The molecular formula is C20H30F3N3O. The summed E-state index contributed by atoms with van der Waals surface area (Å²) in [4.78, 5) is 18.1. The van der Waals surface area contributed by atoms with Crippen molar-refractivity contribution in [2.75, 3.05) is 53.9 Å². The Morgan fingerprint density at radius 1 is 1.26 bits per heavy atom. The highest BCUT2D eigenvalue weighted by Crippen LogP contribution is 2.29. The molecule has 7 heteroatoms. The Balaban J connectivity index is 1.83. The van der Waals surface area contributed by atoms with Gasteiger partial charge in [0.1, 0.15) is 0 Å². The van der Waals surface area contributed by atoms with E-state index in [0.29, 0.717) is 24.4 Å². The van der Waals surface area contributed by atoms with Gasteiger partial charge in [0.2, 0.25) is 5.91 Å². The third kappa shape index (κ3) is 7.14. The molecule has 0 radical (unpaired) electrons. The maximum atomic E-state index is 12.8. The van der Waals surface area contributed by atoms with Gasteiger partial charge in [-0.2, -0.15) is 13.2 Å². The standard InChI is InChI=1S/C20H30F3N3O/c1-24(2)15-19(27)25(3)13-17-7-5-10-26(14-17)11-9-16-6-4-8-18(12-16)20(21,22)23/h4,6,8,12,17H,5,7,9-11,13-15H2,1-3H3. The summed E-state index contributed by atoms with van der Waals surface area (Å²) in [6.07, 6.45) is -1.55. The van der Waals surface area contributed by atoms with E-state index in [0.717, 1.165) is 45.1 Å². The number of hydrogen-bond donors (Lipinski definition) is 0. The topological polar surface area (TPSA) is 26.8 Å². The summed E-state index contributed by atoms with van der Waals surface area (Å²) in [6, 6.07) is 5.59. The van der Waals surface area contributed by atoms with Crippen LogP contribution in [-0.4, -0.2) is 74.5 Å². The number of rotatable bonds is 7. The fourth-order valence-corrected chi connectivity index (χ4v) is 3.57.